The second-order valence-corrected chi connectivity index (χ2v) is 3.72. The van der Waals surface area contributed by atoms with Crippen molar-refractivity contribution in [3.8, 4) is 0 Å². The molecule has 7 heteroatoms. The van der Waals surface area contributed by atoms with Crippen molar-refractivity contribution in [3.63, 3.8) is 0 Å². The Kier molecular flexibility index (Phi) is 3.31. The summed E-state index contributed by atoms with van der Waals surface area (Å²) in [7, 11) is 1.51. The van der Waals surface area contributed by atoms with Crippen LogP contribution in [0.2, 0.25) is 0 Å². The van der Waals surface area contributed by atoms with Crippen LogP contribution in [0.15, 0.2) is 21.4 Å². The van der Waals surface area contributed by atoms with Gasteiger partial charge in [0.15, 0.2) is 11.3 Å². The molecule has 0 saturated carbocycles. The van der Waals surface area contributed by atoms with Crippen molar-refractivity contribution >= 4 is 23.3 Å². The van der Waals surface area contributed by atoms with Crippen LogP contribution in [-0.2, 0) is 4.74 Å². The molecule has 1 saturated heterocycles. The van der Waals surface area contributed by atoms with Gasteiger partial charge in [-0.25, -0.2) is 4.99 Å². The van der Waals surface area contributed by atoms with Crippen molar-refractivity contribution in [3.05, 3.63) is 11.4 Å². The van der Waals surface area contributed by atoms with Crippen molar-refractivity contribution in [2.75, 3.05) is 26.8 Å². The first-order valence-corrected chi connectivity index (χ1v) is 5.36. The van der Waals surface area contributed by atoms with Crippen molar-refractivity contribution in [1.82, 2.24) is 10.6 Å². The van der Waals surface area contributed by atoms with E-state index in [2.05, 4.69) is 20.6 Å². The molecule has 1 atom stereocenters. The fourth-order valence-electron chi connectivity index (χ4n) is 1.59. The molecule has 2 rings (SSSR count). The van der Waals surface area contributed by atoms with E-state index >= 15 is 0 Å². The Bertz CT molecular complexity index is 370. The molecular weight excluding hydrogens is 232 g/mol. The highest BCUT2D eigenvalue weighted by Crippen LogP contribution is 2.21. The van der Waals surface area contributed by atoms with Gasteiger partial charge in [0.2, 0.25) is 5.90 Å². The summed E-state index contributed by atoms with van der Waals surface area (Å²) < 4.78 is 5.15. The van der Waals surface area contributed by atoms with Gasteiger partial charge in [-0.3, -0.25) is 0 Å². The molecule has 2 aliphatic heterocycles. The fraction of sp³-hybridized carbons (Fsp3) is 0.556. The summed E-state index contributed by atoms with van der Waals surface area (Å²) >= 11 is 6.11. The lowest BCUT2D eigenvalue weighted by Crippen LogP contribution is -2.29. The third-order valence-electron chi connectivity index (χ3n) is 2.29. The second-order valence-electron chi connectivity index (χ2n) is 3.30. The van der Waals surface area contributed by atoms with Crippen LogP contribution in [0.5, 0.6) is 0 Å². The van der Waals surface area contributed by atoms with Crippen molar-refractivity contribution < 1.29 is 9.84 Å². The zero-order valence-corrected chi connectivity index (χ0v) is 9.58. The van der Waals surface area contributed by atoms with Gasteiger partial charge < -0.3 is 20.5 Å². The summed E-state index contributed by atoms with van der Waals surface area (Å²) in [6.45, 7) is 1.41. The lowest BCUT2D eigenvalue weighted by Gasteiger charge is -2.19. The van der Waals surface area contributed by atoms with Crippen LogP contribution in [0.1, 0.15) is 0 Å². The van der Waals surface area contributed by atoms with Crippen molar-refractivity contribution in [1.29, 1.82) is 0 Å². The van der Waals surface area contributed by atoms with E-state index in [9.17, 15) is 0 Å². The van der Waals surface area contributed by atoms with Crippen molar-refractivity contribution in [2.24, 2.45) is 9.98 Å². The third kappa shape index (κ3) is 1.98. The van der Waals surface area contributed by atoms with Gasteiger partial charge in [-0.1, -0.05) is 11.6 Å². The fourth-order valence-corrected chi connectivity index (χ4v) is 1.90. The molecule has 0 aromatic carbocycles. The lowest BCUT2D eigenvalue weighted by molar-refractivity contribution is 0.353. The zero-order chi connectivity index (χ0) is 11.5. The number of aliphatic hydroxyl groups excluding tert-OH is 1. The topological polar surface area (TPSA) is 78.2 Å². The van der Waals surface area contributed by atoms with Gasteiger partial charge in [-0.05, 0) is 0 Å². The minimum absolute atomic E-state index is 0.250. The average Bonchev–Trinajstić information content (AvgIpc) is 2.81. The predicted octanol–water partition coefficient (Wildman–Crippen LogP) is -0.595. The van der Waals surface area contributed by atoms with Crippen LogP contribution in [0.25, 0.3) is 0 Å². The molecule has 88 valence electrons. The number of aliphatic hydroxyl groups is 1. The van der Waals surface area contributed by atoms with E-state index < -0.39 is 5.50 Å². The Morgan fingerprint density at radius 3 is 2.75 bits per heavy atom. The first kappa shape index (κ1) is 11.2. The van der Waals surface area contributed by atoms with Crippen LogP contribution in [0, 0.1) is 0 Å². The number of nitrogens with zero attached hydrogens (tertiary/aromatic N) is 2. The molecule has 6 nitrogen and oxygen atoms in total. The minimum Gasteiger partial charge on any atom is -0.481 e. The summed E-state index contributed by atoms with van der Waals surface area (Å²) in [5.41, 5.74) is 0.0848. The van der Waals surface area contributed by atoms with Crippen LogP contribution >= 0.6 is 11.6 Å². The zero-order valence-electron chi connectivity index (χ0n) is 8.83. The van der Waals surface area contributed by atoms with Crippen LogP contribution < -0.4 is 10.6 Å². The maximum Gasteiger partial charge on any atom is 0.225 e. The number of hydrogen-bond acceptors (Lipinski definition) is 6. The molecule has 0 aromatic rings. The molecule has 0 aliphatic carbocycles. The van der Waals surface area contributed by atoms with Crippen LogP contribution in [0.3, 0.4) is 0 Å². The molecule has 1 unspecified atom stereocenters. The highest BCUT2D eigenvalue weighted by atomic mass is 35.5. The predicted molar refractivity (Wildman–Crippen MR) is 61.6 cm³/mol. The smallest absolute Gasteiger partial charge is 0.225 e. The maximum absolute atomic E-state index is 8.97. The quantitative estimate of drug-likeness (QED) is 0.425. The van der Waals surface area contributed by atoms with E-state index in [0.29, 0.717) is 11.5 Å². The Morgan fingerprint density at radius 1 is 1.50 bits per heavy atom. The van der Waals surface area contributed by atoms with E-state index in [4.69, 9.17) is 21.4 Å². The van der Waals surface area contributed by atoms with E-state index in [1.54, 1.807) is 0 Å². The molecule has 2 aliphatic rings. The SMILES string of the molecule is COC1=NC(CO)=NC(Cl)C1=C1NCCN1. The molecule has 3 N–H and O–H groups in total. The minimum atomic E-state index is -0.595. The standard InChI is InChI=1S/C9H13ClN4O2/c1-16-9-6(8-11-2-3-12-8)7(10)13-5(4-15)14-9/h7,11-12,15H,2-4H2,1H3. The number of aliphatic imine (C=N–C) groups is 2. The van der Waals surface area contributed by atoms with E-state index in [-0.39, 0.29) is 12.4 Å². The maximum atomic E-state index is 8.97. The Labute approximate surface area is 98.1 Å². The number of amidine groups is 1. The van der Waals surface area contributed by atoms with Gasteiger partial charge in [0, 0.05) is 13.1 Å². The number of rotatable bonds is 1. The first-order valence-electron chi connectivity index (χ1n) is 4.93. The summed E-state index contributed by atoms with van der Waals surface area (Å²) in [6.07, 6.45) is 0. The number of halogens is 1. The van der Waals surface area contributed by atoms with Gasteiger partial charge in [-0.2, -0.15) is 4.99 Å². The average molecular weight is 245 g/mol. The molecular formula is C9H13ClN4O2. The Balaban J connectivity index is 2.36. The summed E-state index contributed by atoms with van der Waals surface area (Å²) in [4.78, 5) is 8.12. The van der Waals surface area contributed by atoms with E-state index in [0.717, 1.165) is 18.9 Å². The number of nitrogens with one attached hydrogen (secondary N) is 2. The number of hydrogen-bond donors (Lipinski definition) is 3. The molecule has 0 aromatic heterocycles. The monoisotopic (exact) mass is 244 g/mol. The van der Waals surface area contributed by atoms with Crippen LogP contribution in [-0.4, -0.2) is 49.1 Å². The van der Waals surface area contributed by atoms with Gasteiger partial charge >= 0.3 is 0 Å². The highest BCUT2D eigenvalue weighted by molar-refractivity contribution is 6.27. The Morgan fingerprint density at radius 2 is 2.19 bits per heavy atom. The molecule has 0 amide bonds. The van der Waals surface area contributed by atoms with Gasteiger partial charge in [0.05, 0.1) is 12.7 Å². The number of alkyl halides is 1. The summed E-state index contributed by atoms with van der Waals surface area (Å²) in [5.74, 6) is 1.46. The van der Waals surface area contributed by atoms with Gasteiger partial charge in [-0.15, -0.1) is 0 Å². The Hall–Kier alpha value is -1.27. The second kappa shape index (κ2) is 4.71. The van der Waals surface area contributed by atoms with Crippen LogP contribution in [0.4, 0.5) is 0 Å². The van der Waals surface area contributed by atoms with Gasteiger partial charge in [0.25, 0.3) is 0 Å². The third-order valence-corrected chi connectivity index (χ3v) is 2.61. The largest absolute Gasteiger partial charge is 0.481 e. The molecule has 0 radical (unpaired) electrons. The van der Waals surface area contributed by atoms with E-state index in [1.807, 2.05) is 0 Å². The lowest BCUT2D eigenvalue weighted by atomic mass is 10.2. The summed E-state index contributed by atoms with van der Waals surface area (Å²) in [6, 6.07) is 0. The molecule has 0 spiro atoms. The number of methoxy groups -OCH3 is 1. The summed E-state index contributed by atoms with van der Waals surface area (Å²) in [5, 5.41) is 15.3. The molecule has 0 bridgehead atoms. The normalized spacial score (nSPS) is 24.6. The highest BCUT2D eigenvalue weighted by Gasteiger charge is 2.28. The van der Waals surface area contributed by atoms with Gasteiger partial charge in [0.1, 0.15) is 12.4 Å². The molecule has 2 heterocycles. The van der Waals surface area contributed by atoms with E-state index in [1.165, 1.54) is 7.11 Å². The first-order chi connectivity index (χ1) is 7.76. The van der Waals surface area contributed by atoms with Crippen molar-refractivity contribution in [2.45, 2.75) is 5.50 Å². The number of ether oxygens (including phenoxy) is 1. The molecule has 16 heavy (non-hydrogen) atoms. The molecule has 1 fully saturated rings.